The van der Waals surface area contributed by atoms with Gasteiger partial charge < -0.3 is 4.98 Å². The van der Waals surface area contributed by atoms with Crippen LogP contribution in [0, 0.1) is 0 Å². The average Bonchev–Trinajstić information content (AvgIpc) is 3.93. The number of hydrogen-bond acceptors (Lipinski definition) is 2. The molecule has 0 amide bonds. The van der Waals surface area contributed by atoms with Crippen LogP contribution >= 0.6 is 0 Å². The second-order valence-electron chi connectivity index (χ2n) is 16.3. The number of rotatable bonds is 5. The van der Waals surface area contributed by atoms with Crippen molar-refractivity contribution in [1.29, 1.82) is 0 Å². The molecule has 0 bridgehead atoms. The van der Waals surface area contributed by atoms with Crippen molar-refractivity contribution in [2.24, 2.45) is 0 Å². The average molecular weight is 733 g/mol. The molecule has 0 spiro atoms. The molecule has 7 aromatic carbocycles. The molecule has 11 rings (SSSR count). The number of para-hydroxylation sites is 4. The van der Waals surface area contributed by atoms with Crippen molar-refractivity contribution in [3.8, 4) is 39.3 Å². The normalized spacial score (nSPS) is 15.0. The van der Waals surface area contributed by atoms with Crippen molar-refractivity contribution in [3.05, 3.63) is 210 Å². The molecule has 57 heavy (non-hydrogen) atoms. The van der Waals surface area contributed by atoms with Crippen LogP contribution in [0.25, 0.3) is 72.2 Å². The molecule has 4 nitrogen and oxygen atoms in total. The van der Waals surface area contributed by atoms with Crippen LogP contribution < -0.4 is 0 Å². The lowest BCUT2D eigenvalue weighted by Crippen LogP contribution is -2.29. The molecule has 0 saturated carbocycles. The Bertz CT molecular complexity index is 3160. The predicted molar refractivity (Wildman–Crippen MR) is 235 cm³/mol. The van der Waals surface area contributed by atoms with Crippen LogP contribution in [0.5, 0.6) is 0 Å². The number of fused-ring (bicyclic) bond motifs is 7. The Labute approximate surface area is 332 Å². The number of aromatic amines is 1. The highest BCUT2D eigenvalue weighted by Gasteiger charge is 2.47. The molecule has 10 aromatic rings. The van der Waals surface area contributed by atoms with Crippen LogP contribution in [0.1, 0.15) is 48.7 Å². The summed E-state index contributed by atoms with van der Waals surface area (Å²) in [5.41, 5.74) is 16.5. The summed E-state index contributed by atoms with van der Waals surface area (Å²) in [4.78, 5) is 14.5. The molecule has 0 radical (unpaired) electrons. The first-order valence-corrected chi connectivity index (χ1v) is 19.8. The molecule has 1 aliphatic carbocycles. The SMILES string of the molecule is CC(C)(C)c1ccc2c(c1)-c1ccccc1C2(c1cccc(-c2cccc3c2nc(-c2cccc4c2[nH]c2ccccc24)n3-c2ccccc2)c1)c1ccccn1. The van der Waals surface area contributed by atoms with E-state index in [1.54, 1.807) is 0 Å². The maximum atomic E-state index is 5.59. The first-order valence-electron chi connectivity index (χ1n) is 19.8. The molecule has 4 heteroatoms. The van der Waals surface area contributed by atoms with Crippen molar-refractivity contribution in [3.63, 3.8) is 0 Å². The van der Waals surface area contributed by atoms with Crippen LogP contribution in [-0.4, -0.2) is 19.5 Å². The molecule has 1 N–H and O–H groups in total. The van der Waals surface area contributed by atoms with Crippen LogP contribution in [0.3, 0.4) is 0 Å². The number of benzene rings is 7. The summed E-state index contributed by atoms with van der Waals surface area (Å²) in [5, 5.41) is 2.40. The zero-order valence-electron chi connectivity index (χ0n) is 32.2. The quantitative estimate of drug-likeness (QED) is 0.191. The Balaban J connectivity index is 1.17. The lowest BCUT2D eigenvalue weighted by Gasteiger charge is -2.33. The fraction of sp³-hybridized carbons (Fsp3) is 0.0943. The molecule has 0 fully saturated rings. The van der Waals surface area contributed by atoms with E-state index in [1.807, 2.05) is 12.3 Å². The minimum Gasteiger partial charge on any atom is -0.354 e. The van der Waals surface area contributed by atoms with Gasteiger partial charge in [-0.05, 0) is 92.9 Å². The van der Waals surface area contributed by atoms with E-state index in [2.05, 4.69) is 200 Å². The molecular formula is C53H40N4. The van der Waals surface area contributed by atoms with Crippen LogP contribution in [0.4, 0.5) is 0 Å². The van der Waals surface area contributed by atoms with Crippen molar-refractivity contribution < 1.29 is 0 Å². The van der Waals surface area contributed by atoms with E-state index in [4.69, 9.17) is 9.97 Å². The fourth-order valence-corrected chi connectivity index (χ4v) is 9.40. The minimum absolute atomic E-state index is 0.0146. The third kappa shape index (κ3) is 4.93. The van der Waals surface area contributed by atoms with E-state index in [-0.39, 0.29) is 5.41 Å². The second-order valence-corrected chi connectivity index (χ2v) is 16.3. The van der Waals surface area contributed by atoms with Gasteiger partial charge >= 0.3 is 0 Å². The van der Waals surface area contributed by atoms with Gasteiger partial charge in [-0.3, -0.25) is 9.55 Å². The van der Waals surface area contributed by atoms with E-state index < -0.39 is 5.41 Å². The summed E-state index contributed by atoms with van der Waals surface area (Å²) >= 11 is 0. The van der Waals surface area contributed by atoms with Gasteiger partial charge in [-0.2, -0.15) is 0 Å². The first kappa shape index (κ1) is 33.3. The van der Waals surface area contributed by atoms with Crippen molar-refractivity contribution in [1.82, 2.24) is 19.5 Å². The van der Waals surface area contributed by atoms with Gasteiger partial charge in [0.1, 0.15) is 5.82 Å². The lowest BCUT2D eigenvalue weighted by molar-refractivity contribution is 0.590. The zero-order valence-corrected chi connectivity index (χ0v) is 32.2. The van der Waals surface area contributed by atoms with Gasteiger partial charge in [0.25, 0.3) is 0 Å². The highest BCUT2D eigenvalue weighted by molar-refractivity contribution is 6.12. The summed E-state index contributed by atoms with van der Waals surface area (Å²) < 4.78 is 2.31. The minimum atomic E-state index is -0.618. The Morgan fingerprint density at radius 2 is 1.28 bits per heavy atom. The van der Waals surface area contributed by atoms with Crippen molar-refractivity contribution in [2.75, 3.05) is 0 Å². The van der Waals surface area contributed by atoms with E-state index in [0.29, 0.717) is 0 Å². The second kappa shape index (κ2) is 12.5. The summed E-state index contributed by atoms with van der Waals surface area (Å²) in [5.74, 6) is 0.898. The number of aromatic nitrogens is 4. The fourth-order valence-electron chi connectivity index (χ4n) is 9.40. The van der Waals surface area contributed by atoms with Gasteiger partial charge in [0, 0.05) is 39.3 Å². The number of hydrogen-bond donors (Lipinski definition) is 1. The summed E-state index contributed by atoms with van der Waals surface area (Å²) in [6.45, 7) is 6.87. The smallest absolute Gasteiger partial charge is 0.147 e. The largest absolute Gasteiger partial charge is 0.354 e. The molecule has 1 atom stereocenters. The first-order chi connectivity index (χ1) is 27.9. The molecule has 3 aromatic heterocycles. The van der Waals surface area contributed by atoms with Crippen molar-refractivity contribution in [2.45, 2.75) is 31.6 Å². The maximum absolute atomic E-state index is 5.59. The summed E-state index contributed by atoms with van der Waals surface area (Å²) in [6, 6.07) is 63.7. The highest BCUT2D eigenvalue weighted by atomic mass is 15.1. The number of nitrogens with one attached hydrogen (secondary N) is 1. The third-order valence-electron chi connectivity index (χ3n) is 12.0. The van der Waals surface area contributed by atoms with Crippen LogP contribution in [0.2, 0.25) is 0 Å². The van der Waals surface area contributed by atoms with Gasteiger partial charge in [-0.1, -0.05) is 148 Å². The molecule has 3 heterocycles. The van der Waals surface area contributed by atoms with Gasteiger partial charge in [0.15, 0.2) is 0 Å². The van der Waals surface area contributed by atoms with Crippen LogP contribution in [0.15, 0.2) is 182 Å². The summed E-state index contributed by atoms with van der Waals surface area (Å²) in [7, 11) is 0. The maximum Gasteiger partial charge on any atom is 0.147 e. The summed E-state index contributed by atoms with van der Waals surface area (Å²) in [6.07, 6.45) is 1.93. The third-order valence-corrected chi connectivity index (χ3v) is 12.0. The van der Waals surface area contributed by atoms with E-state index >= 15 is 0 Å². The molecular weight excluding hydrogens is 693 g/mol. The Morgan fingerprint density at radius 3 is 2.14 bits per heavy atom. The number of imidazole rings is 1. The molecule has 1 aliphatic rings. The van der Waals surface area contributed by atoms with Crippen LogP contribution in [-0.2, 0) is 10.8 Å². The van der Waals surface area contributed by atoms with E-state index in [9.17, 15) is 0 Å². The Hall–Kier alpha value is -7.04. The predicted octanol–water partition coefficient (Wildman–Crippen LogP) is 13.0. The van der Waals surface area contributed by atoms with Gasteiger partial charge in [-0.25, -0.2) is 4.98 Å². The van der Waals surface area contributed by atoms with E-state index in [0.717, 1.165) is 56.0 Å². The van der Waals surface area contributed by atoms with Crippen molar-refractivity contribution >= 4 is 32.8 Å². The standard InChI is InChI=1S/C53H40N4/c1-52(2,3)35-29-30-45-43(33-35)39-20-7-9-25-44(39)53(45,48-28-11-12-31-54-48)36-17-13-16-34(32-36)38-22-15-27-47-50(38)56-51(57(47)37-18-5-4-6-19-37)42-24-14-23-41-40-21-8-10-26-46(40)55-49(41)42/h4-33,55H,1-3H3. The van der Waals surface area contributed by atoms with Gasteiger partial charge in [-0.15, -0.1) is 0 Å². The van der Waals surface area contributed by atoms with E-state index in [1.165, 1.54) is 44.2 Å². The Kier molecular flexibility index (Phi) is 7.30. The highest BCUT2D eigenvalue weighted by Crippen LogP contribution is 2.56. The number of nitrogens with zero attached hydrogens (tertiary/aromatic N) is 3. The van der Waals surface area contributed by atoms with Gasteiger partial charge in [0.05, 0.1) is 27.7 Å². The monoisotopic (exact) mass is 732 g/mol. The molecule has 272 valence electrons. The lowest BCUT2D eigenvalue weighted by atomic mass is 9.69. The number of H-pyrrole nitrogens is 1. The number of pyridine rings is 1. The van der Waals surface area contributed by atoms with Gasteiger partial charge in [0.2, 0.25) is 0 Å². The Morgan fingerprint density at radius 1 is 0.561 bits per heavy atom. The molecule has 1 unspecified atom stereocenters. The molecule has 0 saturated heterocycles. The molecule has 0 aliphatic heterocycles. The zero-order chi connectivity index (χ0) is 38.3. The topological polar surface area (TPSA) is 46.5 Å².